The van der Waals surface area contributed by atoms with E-state index in [4.69, 9.17) is 11.6 Å². The number of nitrogens with zero attached hydrogens (tertiary/aromatic N) is 5. The van der Waals surface area contributed by atoms with Gasteiger partial charge in [0, 0.05) is 39.1 Å². The van der Waals surface area contributed by atoms with Crippen molar-refractivity contribution in [3.05, 3.63) is 41.4 Å². The number of aryl methyl sites for hydroxylation is 1. The molecule has 0 bridgehead atoms. The van der Waals surface area contributed by atoms with E-state index in [0.717, 1.165) is 62.0 Å². The Morgan fingerprint density at radius 1 is 1.16 bits per heavy atom. The summed E-state index contributed by atoms with van der Waals surface area (Å²) in [5, 5.41) is 8.82. The SMILES string of the molecule is O=C([C@@H]1CCc2nncn2C1)N1CCCN(c2ccccc2Cl)CC1. The molecule has 2 aliphatic rings. The van der Waals surface area contributed by atoms with Gasteiger partial charge in [-0.3, -0.25) is 4.79 Å². The zero-order valence-electron chi connectivity index (χ0n) is 14.1. The Morgan fingerprint density at radius 3 is 2.92 bits per heavy atom. The van der Waals surface area contributed by atoms with Gasteiger partial charge in [0.1, 0.15) is 12.2 Å². The monoisotopic (exact) mass is 359 g/mol. The number of hydrogen-bond donors (Lipinski definition) is 0. The van der Waals surface area contributed by atoms with Crippen molar-refractivity contribution in [2.45, 2.75) is 25.8 Å². The van der Waals surface area contributed by atoms with Crippen LogP contribution in [0.15, 0.2) is 30.6 Å². The minimum Gasteiger partial charge on any atom is -0.368 e. The molecule has 7 heteroatoms. The summed E-state index contributed by atoms with van der Waals surface area (Å²) in [7, 11) is 0. The Hall–Kier alpha value is -2.08. The van der Waals surface area contributed by atoms with Gasteiger partial charge in [-0.15, -0.1) is 10.2 Å². The summed E-state index contributed by atoms with van der Waals surface area (Å²) in [6.45, 7) is 4.00. The van der Waals surface area contributed by atoms with Crippen molar-refractivity contribution in [1.29, 1.82) is 0 Å². The number of benzene rings is 1. The third-order valence-corrected chi connectivity index (χ3v) is 5.50. The van der Waals surface area contributed by atoms with E-state index >= 15 is 0 Å². The highest BCUT2D eigenvalue weighted by molar-refractivity contribution is 6.33. The highest BCUT2D eigenvalue weighted by atomic mass is 35.5. The van der Waals surface area contributed by atoms with Gasteiger partial charge in [-0.25, -0.2) is 0 Å². The molecule has 1 amide bonds. The second-order valence-corrected chi connectivity index (χ2v) is 7.16. The van der Waals surface area contributed by atoms with E-state index in [2.05, 4.69) is 21.2 Å². The van der Waals surface area contributed by atoms with Gasteiger partial charge in [-0.05, 0) is 25.0 Å². The highest BCUT2D eigenvalue weighted by Crippen LogP contribution is 2.27. The molecule has 0 N–H and O–H groups in total. The first-order valence-corrected chi connectivity index (χ1v) is 9.25. The number of para-hydroxylation sites is 1. The predicted octanol–water partition coefficient (Wildman–Crippen LogP) is 2.23. The zero-order valence-corrected chi connectivity index (χ0v) is 14.9. The van der Waals surface area contributed by atoms with Crippen LogP contribution in [0.1, 0.15) is 18.7 Å². The van der Waals surface area contributed by atoms with E-state index in [0.29, 0.717) is 6.54 Å². The van der Waals surface area contributed by atoms with Crippen LogP contribution in [0.4, 0.5) is 5.69 Å². The van der Waals surface area contributed by atoms with E-state index < -0.39 is 0 Å². The van der Waals surface area contributed by atoms with Crippen molar-refractivity contribution < 1.29 is 4.79 Å². The molecule has 0 spiro atoms. The van der Waals surface area contributed by atoms with Crippen molar-refractivity contribution in [1.82, 2.24) is 19.7 Å². The van der Waals surface area contributed by atoms with Crippen LogP contribution in [-0.4, -0.2) is 51.8 Å². The molecule has 2 aromatic rings. The lowest BCUT2D eigenvalue weighted by atomic mass is 9.97. The van der Waals surface area contributed by atoms with Crippen molar-refractivity contribution in [2.75, 3.05) is 31.1 Å². The lowest BCUT2D eigenvalue weighted by molar-refractivity contribution is -0.136. The maximum atomic E-state index is 13.0. The first-order chi connectivity index (χ1) is 12.2. The van der Waals surface area contributed by atoms with E-state index in [1.54, 1.807) is 6.33 Å². The van der Waals surface area contributed by atoms with E-state index in [1.165, 1.54) is 0 Å². The van der Waals surface area contributed by atoms with Crippen molar-refractivity contribution in [3.63, 3.8) is 0 Å². The molecule has 1 aromatic heterocycles. The molecule has 1 aromatic carbocycles. The Labute approximate surface area is 152 Å². The van der Waals surface area contributed by atoms with E-state index in [-0.39, 0.29) is 11.8 Å². The number of hydrogen-bond acceptors (Lipinski definition) is 4. The second-order valence-electron chi connectivity index (χ2n) is 6.75. The average Bonchev–Trinajstić information content (AvgIpc) is 2.97. The molecular formula is C18H22ClN5O. The van der Waals surface area contributed by atoms with Crippen LogP contribution < -0.4 is 4.90 Å². The number of carbonyl (C=O) groups is 1. The summed E-state index contributed by atoms with van der Waals surface area (Å²) < 4.78 is 2.01. The lowest BCUT2D eigenvalue weighted by Crippen LogP contribution is -2.41. The van der Waals surface area contributed by atoms with Crippen LogP contribution >= 0.6 is 11.6 Å². The van der Waals surface area contributed by atoms with Gasteiger partial charge in [0.05, 0.1) is 16.6 Å². The van der Waals surface area contributed by atoms with Gasteiger partial charge in [-0.2, -0.15) is 0 Å². The van der Waals surface area contributed by atoms with Crippen LogP contribution in [-0.2, 0) is 17.8 Å². The van der Waals surface area contributed by atoms with Gasteiger partial charge in [-0.1, -0.05) is 23.7 Å². The Bertz CT molecular complexity index is 761. The van der Waals surface area contributed by atoms with Gasteiger partial charge in [0.25, 0.3) is 0 Å². The van der Waals surface area contributed by atoms with Crippen molar-refractivity contribution in [3.8, 4) is 0 Å². The maximum Gasteiger partial charge on any atom is 0.227 e. The smallest absolute Gasteiger partial charge is 0.227 e. The fourth-order valence-corrected chi connectivity index (χ4v) is 4.06. The van der Waals surface area contributed by atoms with Crippen molar-refractivity contribution >= 4 is 23.2 Å². The quantitative estimate of drug-likeness (QED) is 0.825. The number of rotatable bonds is 2. The average molecular weight is 360 g/mol. The Morgan fingerprint density at radius 2 is 2.04 bits per heavy atom. The van der Waals surface area contributed by atoms with Gasteiger partial charge in [0.2, 0.25) is 5.91 Å². The van der Waals surface area contributed by atoms with Crippen LogP contribution in [0.5, 0.6) is 0 Å². The third kappa shape index (κ3) is 3.35. The molecule has 6 nitrogen and oxygen atoms in total. The fraction of sp³-hybridized carbons (Fsp3) is 0.500. The van der Waals surface area contributed by atoms with Gasteiger partial charge in [0.15, 0.2) is 0 Å². The largest absolute Gasteiger partial charge is 0.368 e. The molecule has 1 atom stereocenters. The zero-order chi connectivity index (χ0) is 17.2. The first kappa shape index (κ1) is 16.4. The van der Waals surface area contributed by atoms with Gasteiger partial charge < -0.3 is 14.4 Å². The van der Waals surface area contributed by atoms with Gasteiger partial charge >= 0.3 is 0 Å². The normalized spacial score (nSPS) is 20.9. The molecule has 3 heterocycles. The topological polar surface area (TPSA) is 54.3 Å². The molecule has 4 rings (SSSR count). The minimum absolute atomic E-state index is 0.0374. The molecule has 132 valence electrons. The number of halogens is 1. The molecule has 1 fully saturated rings. The number of anilines is 1. The number of carbonyl (C=O) groups excluding carboxylic acids is 1. The fourth-order valence-electron chi connectivity index (χ4n) is 3.80. The standard InChI is InChI=1S/C18H22ClN5O/c19-15-4-1-2-5-16(15)22-8-3-9-23(11-10-22)18(25)14-6-7-17-21-20-13-24(17)12-14/h1-2,4-5,13-14H,3,6-12H2/t14-/m1/s1. The van der Waals surface area contributed by atoms with E-state index in [9.17, 15) is 4.79 Å². The number of amides is 1. The van der Waals surface area contributed by atoms with Crippen molar-refractivity contribution in [2.24, 2.45) is 5.92 Å². The molecule has 0 saturated carbocycles. The summed E-state index contributed by atoms with van der Waals surface area (Å²) in [6.07, 6.45) is 4.39. The summed E-state index contributed by atoms with van der Waals surface area (Å²) in [6, 6.07) is 7.92. The molecule has 2 aliphatic heterocycles. The van der Waals surface area contributed by atoms with Crippen LogP contribution in [0.3, 0.4) is 0 Å². The Balaban J connectivity index is 1.41. The Kier molecular flexibility index (Phi) is 4.61. The van der Waals surface area contributed by atoms with E-state index in [1.807, 2.05) is 27.7 Å². The summed E-state index contributed by atoms with van der Waals surface area (Å²) >= 11 is 6.33. The molecule has 0 radical (unpaired) electrons. The first-order valence-electron chi connectivity index (χ1n) is 8.87. The molecule has 25 heavy (non-hydrogen) atoms. The number of aromatic nitrogens is 3. The number of fused-ring (bicyclic) bond motifs is 1. The molecule has 0 unspecified atom stereocenters. The van der Waals surface area contributed by atoms with Crippen LogP contribution in [0, 0.1) is 5.92 Å². The summed E-state index contributed by atoms with van der Waals surface area (Å²) in [5.74, 6) is 1.29. The minimum atomic E-state index is 0.0374. The molecule has 1 saturated heterocycles. The summed E-state index contributed by atoms with van der Waals surface area (Å²) in [5.41, 5.74) is 1.06. The second kappa shape index (κ2) is 7.04. The maximum absolute atomic E-state index is 13.0. The van der Waals surface area contributed by atoms with Crippen LogP contribution in [0.25, 0.3) is 0 Å². The third-order valence-electron chi connectivity index (χ3n) is 5.18. The molecule has 0 aliphatic carbocycles. The lowest BCUT2D eigenvalue weighted by Gasteiger charge is -2.29. The molecular weight excluding hydrogens is 338 g/mol. The summed E-state index contributed by atoms with van der Waals surface area (Å²) in [4.78, 5) is 17.3. The highest BCUT2D eigenvalue weighted by Gasteiger charge is 2.30. The van der Waals surface area contributed by atoms with Crippen LogP contribution in [0.2, 0.25) is 5.02 Å². The predicted molar refractivity (Wildman–Crippen MR) is 96.7 cm³/mol.